The summed E-state index contributed by atoms with van der Waals surface area (Å²) in [6.07, 6.45) is 21.0. The fourth-order valence-electron chi connectivity index (χ4n) is 9.17. The number of fused-ring (bicyclic) bond motifs is 5. The first kappa shape index (κ1) is 31.1. The molecule has 1 amide bonds. The first-order chi connectivity index (χ1) is 19.3. The van der Waals surface area contributed by atoms with Gasteiger partial charge in [-0.25, -0.2) is 0 Å². The zero-order valence-electron chi connectivity index (χ0n) is 25.8. The predicted molar refractivity (Wildman–Crippen MR) is 165 cm³/mol. The number of benzene rings is 1. The third kappa shape index (κ3) is 6.48. The number of aryl methyl sites for hydroxylation is 1. The van der Waals surface area contributed by atoms with Crippen molar-refractivity contribution in [2.75, 3.05) is 13.6 Å². The van der Waals surface area contributed by atoms with Crippen molar-refractivity contribution in [3.8, 4) is 5.75 Å². The van der Waals surface area contributed by atoms with Crippen molar-refractivity contribution in [1.82, 2.24) is 4.90 Å². The Balaban J connectivity index is 1.29. The zero-order chi connectivity index (χ0) is 28.8. The molecule has 0 aromatic heterocycles. The lowest BCUT2D eigenvalue weighted by molar-refractivity contribution is -0.130. The van der Waals surface area contributed by atoms with Crippen LogP contribution >= 0.6 is 0 Å². The smallest absolute Gasteiger partial charge is 0.222 e. The summed E-state index contributed by atoms with van der Waals surface area (Å²) in [5.74, 6) is 2.11. The number of aliphatic hydroxyl groups excluding tert-OH is 1. The van der Waals surface area contributed by atoms with E-state index in [-0.39, 0.29) is 16.9 Å². The highest BCUT2D eigenvalue weighted by Gasteiger charge is 2.63. The summed E-state index contributed by atoms with van der Waals surface area (Å²) in [7, 11) is 1.97. The standard InChI is InChI=1S/C36H57NO3/c1-5-7-8-10-14-17-33(40)37(4)24-15-12-9-11-13-16-28-26-35(3)31(20-21-32(35)39)36(6-2)23-22-27-25-29(38)18-19-30(27)34(28)36/h6,18-19,25,28,31-32,34,38-39H,2,5,7-17,20-24,26H2,1,3-4H3/t28-,31+,32-,34+,35-,36?/m0/s1. The highest BCUT2D eigenvalue weighted by Crippen LogP contribution is 2.69. The van der Waals surface area contributed by atoms with Crippen molar-refractivity contribution in [1.29, 1.82) is 0 Å². The number of aliphatic hydroxyl groups is 1. The van der Waals surface area contributed by atoms with Crippen LogP contribution in [0.15, 0.2) is 30.9 Å². The molecule has 3 aliphatic carbocycles. The highest BCUT2D eigenvalue weighted by atomic mass is 16.3. The van der Waals surface area contributed by atoms with Crippen molar-refractivity contribution in [2.45, 2.75) is 135 Å². The van der Waals surface area contributed by atoms with Crippen LogP contribution in [-0.4, -0.2) is 40.7 Å². The Kier molecular flexibility index (Phi) is 10.8. The second kappa shape index (κ2) is 13.9. The molecule has 0 spiro atoms. The van der Waals surface area contributed by atoms with Gasteiger partial charge in [0.05, 0.1) is 6.10 Å². The number of hydrogen-bond donors (Lipinski definition) is 2. The summed E-state index contributed by atoms with van der Waals surface area (Å²) in [5.41, 5.74) is 2.74. The fraction of sp³-hybridized carbons (Fsp3) is 0.750. The Labute approximate surface area is 244 Å². The van der Waals surface area contributed by atoms with Gasteiger partial charge in [0.1, 0.15) is 5.75 Å². The molecule has 40 heavy (non-hydrogen) atoms. The van der Waals surface area contributed by atoms with Gasteiger partial charge in [0.15, 0.2) is 0 Å². The minimum absolute atomic E-state index is 0.0309. The lowest BCUT2D eigenvalue weighted by Crippen LogP contribution is -2.54. The lowest BCUT2D eigenvalue weighted by Gasteiger charge is -2.60. The molecular formula is C36H57NO3. The molecule has 0 heterocycles. The van der Waals surface area contributed by atoms with Crippen LogP contribution < -0.4 is 0 Å². The average molecular weight is 552 g/mol. The number of phenols is 1. The van der Waals surface area contributed by atoms with Gasteiger partial charge in [-0.05, 0) is 103 Å². The molecule has 4 rings (SSSR count). The van der Waals surface area contributed by atoms with Crippen molar-refractivity contribution >= 4 is 5.91 Å². The summed E-state index contributed by atoms with van der Waals surface area (Å²) >= 11 is 0. The number of aromatic hydroxyl groups is 1. The highest BCUT2D eigenvalue weighted by molar-refractivity contribution is 5.75. The predicted octanol–water partition coefficient (Wildman–Crippen LogP) is 8.55. The minimum atomic E-state index is -0.213. The number of allylic oxidation sites excluding steroid dienone is 1. The van der Waals surface area contributed by atoms with E-state index in [0.29, 0.717) is 35.8 Å². The maximum absolute atomic E-state index is 12.4. The number of carbonyl (C=O) groups is 1. The van der Waals surface area contributed by atoms with Crippen LogP contribution in [0, 0.1) is 22.7 Å². The van der Waals surface area contributed by atoms with E-state index < -0.39 is 0 Å². The normalized spacial score (nSPS) is 30.8. The van der Waals surface area contributed by atoms with Gasteiger partial charge in [-0.1, -0.05) is 77.4 Å². The largest absolute Gasteiger partial charge is 0.508 e. The van der Waals surface area contributed by atoms with E-state index in [2.05, 4.69) is 32.6 Å². The summed E-state index contributed by atoms with van der Waals surface area (Å²) in [6.45, 7) is 9.89. The molecule has 1 aromatic rings. The number of amides is 1. The Morgan fingerprint density at radius 3 is 2.58 bits per heavy atom. The van der Waals surface area contributed by atoms with E-state index in [9.17, 15) is 15.0 Å². The quantitative estimate of drug-likeness (QED) is 0.170. The second-order valence-electron chi connectivity index (χ2n) is 13.8. The zero-order valence-corrected chi connectivity index (χ0v) is 25.8. The first-order valence-corrected chi connectivity index (χ1v) is 16.6. The number of rotatable bonds is 15. The molecule has 1 unspecified atom stereocenters. The molecule has 2 N–H and O–H groups in total. The summed E-state index contributed by atoms with van der Waals surface area (Å²) < 4.78 is 0. The fourth-order valence-corrected chi connectivity index (χ4v) is 9.17. The molecule has 1 aromatic carbocycles. The topological polar surface area (TPSA) is 60.8 Å². The van der Waals surface area contributed by atoms with E-state index in [1.54, 1.807) is 0 Å². The maximum atomic E-state index is 12.4. The van der Waals surface area contributed by atoms with E-state index >= 15 is 0 Å². The van der Waals surface area contributed by atoms with Crippen molar-refractivity contribution in [3.63, 3.8) is 0 Å². The monoisotopic (exact) mass is 551 g/mol. The molecule has 6 atom stereocenters. The van der Waals surface area contributed by atoms with Gasteiger partial charge in [-0.15, -0.1) is 6.58 Å². The van der Waals surface area contributed by atoms with Gasteiger partial charge < -0.3 is 15.1 Å². The Morgan fingerprint density at radius 1 is 1.07 bits per heavy atom. The van der Waals surface area contributed by atoms with Crippen LogP contribution in [0.5, 0.6) is 5.75 Å². The molecule has 2 fully saturated rings. The van der Waals surface area contributed by atoms with E-state index in [1.807, 2.05) is 24.1 Å². The molecule has 2 saturated carbocycles. The summed E-state index contributed by atoms with van der Waals surface area (Å²) in [4.78, 5) is 14.3. The number of unbranched alkanes of at least 4 members (excludes halogenated alkanes) is 8. The van der Waals surface area contributed by atoms with E-state index in [1.165, 1.54) is 68.9 Å². The number of phenolic OH excluding ortho intramolecular Hbond substituents is 1. The third-order valence-electron chi connectivity index (χ3n) is 11.3. The molecule has 224 valence electrons. The number of carbonyl (C=O) groups excluding carboxylic acids is 1. The summed E-state index contributed by atoms with van der Waals surface area (Å²) in [6, 6.07) is 6.06. The van der Waals surface area contributed by atoms with Gasteiger partial charge in [-0.2, -0.15) is 0 Å². The van der Waals surface area contributed by atoms with Crippen LogP contribution in [0.3, 0.4) is 0 Å². The second-order valence-corrected chi connectivity index (χ2v) is 13.8. The maximum Gasteiger partial charge on any atom is 0.222 e. The van der Waals surface area contributed by atoms with Gasteiger partial charge in [0, 0.05) is 20.0 Å². The molecule has 0 aliphatic heterocycles. The van der Waals surface area contributed by atoms with Crippen LogP contribution in [0.25, 0.3) is 0 Å². The van der Waals surface area contributed by atoms with E-state index in [0.717, 1.165) is 51.5 Å². The molecule has 4 heteroatoms. The van der Waals surface area contributed by atoms with Crippen LogP contribution in [0.4, 0.5) is 0 Å². The van der Waals surface area contributed by atoms with Gasteiger partial charge in [0.2, 0.25) is 5.91 Å². The van der Waals surface area contributed by atoms with Gasteiger partial charge in [0.25, 0.3) is 0 Å². The SMILES string of the molecule is C=CC12CCc3cc(O)ccc3[C@H]1[C@@H](CCCCCCCN(C)C(=O)CCCCCCC)C[C@]1(C)[C@@H](O)CC[C@@H]21. The molecule has 0 radical (unpaired) electrons. The summed E-state index contributed by atoms with van der Waals surface area (Å²) in [5, 5.41) is 21.4. The Bertz CT molecular complexity index is 990. The minimum Gasteiger partial charge on any atom is -0.508 e. The Morgan fingerprint density at radius 2 is 1.80 bits per heavy atom. The molecule has 0 saturated heterocycles. The van der Waals surface area contributed by atoms with Crippen molar-refractivity contribution in [2.24, 2.45) is 22.7 Å². The molecule has 4 nitrogen and oxygen atoms in total. The third-order valence-corrected chi connectivity index (χ3v) is 11.3. The van der Waals surface area contributed by atoms with Crippen LogP contribution in [-0.2, 0) is 11.2 Å². The number of hydrogen-bond acceptors (Lipinski definition) is 3. The first-order valence-electron chi connectivity index (χ1n) is 16.6. The Hall–Kier alpha value is -1.81. The number of nitrogens with zero attached hydrogens (tertiary/aromatic N) is 1. The van der Waals surface area contributed by atoms with Gasteiger partial charge >= 0.3 is 0 Å². The molecule has 3 aliphatic rings. The van der Waals surface area contributed by atoms with Gasteiger partial charge in [-0.3, -0.25) is 4.79 Å². The molecule has 0 bridgehead atoms. The van der Waals surface area contributed by atoms with Crippen LogP contribution in [0.2, 0.25) is 0 Å². The van der Waals surface area contributed by atoms with Crippen molar-refractivity contribution in [3.05, 3.63) is 42.0 Å². The molecular weight excluding hydrogens is 494 g/mol. The van der Waals surface area contributed by atoms with Crippen molar-refractivity contribution < 1.29 is 15.0 Å². The van der Waals surface area contributed by atoms with Crippen LogP contribution in [0.1, 0.15) is 134 Å². The lowest BCUT2D eigenvalue weighted by atomic mass is 9.44. The average Bonchev–Trinajstić information content (AvgIpc) is 3.25. The van der Waals surface area contributed by atoms with E-state index in [4.69, 9.17) is 0 Å².